The van der Waals surface area contributed by atoms with Crippen LogP contribution in [-0.4, -0.2) is 26.7 Å². The van der Waals surface area contributed by atoms with Gasteiger partial charge in [0.15, 0.2) is 0 Å². The second kappa shape index (κ2) is 5.80. The van der Waals surface area contributed by atoms with Crippen molar-refractivity contribution in [3.8, 4) is 0 Å². The Bertz CT molecular complexity index is 287. The fourth-order valence-corrected chi connectivity index (χ4v) is 4.09. The van der Waals surface area contributed by atoms with E-state index in [-0.39, 0.29) is 11.1 Å². The molecule has 2 atom stereocenters. The standard InChI is InChI=1S/C16H32INO/c1-14(2,3)18(15(4,5)6)19-11-12-9-10-16(7,8)13(12)17/h12-13H,9-11H2,1-8H3/t12-,13-/m0/s1. The number of rotatable bonds is 3. The van der Waals surface area contributed by atoms with Gasteiger partial charge in [0.2, 0.25) is 0 Å². The monoisotopic (exact) mass is 381 g/mol. The Kier molecular flexibility index (Phi) is 5.40. The van der Waals surface area contributed by atoms with E-state index in [2.05, 4.69) is 83.0 Å². The summed E-state index contributed by atoms with van der Waals surface area (Å²) in [7, 11) is 0. The number of hydrogen-bond donors (Lipinski definition) is 0. The molecule has 0 heterocycles. The SMILES string of the molecule is CC1(C)CC[C@@H](CON(C(C)(C)C)C(C)(C)C)[C@@H]1I. The van der Waals surface area contributed by atoms with Gasteiger partial charge in [-0.1, -0.05) is 36.4 Å². The minimum atomic E-state index is 0.0349. The van der Waals surface area contributed by atoms with Gasteiger partial charge in [-0.3, -0.25) is 4.84 Å². The third-order valence-corrected chi connectivity index (χ3v) is 6.66. The van der Waals surface area contributed by atoms with Crippen LogP contribution in [0.2, 0.25) is 0 Å². The van der Waals surface area contributed by atoms with Crippen molar-refractivity contribution in [1.29, 1.82) is 0 Å². The molecule has 0 unspecified atom stereocenters. The average Bonchev–Trinajstić information content (AvgIpc) is 2.40. The highest BCUT2D eigenvalue weighted by atomic mass is 127. The van der Waals surface area contributed by atoms with Crippen LogP contribution in [0, 0.1) is 11.3 Å². The van der Waals surface area contributed by atoms with Gasteiger partial charge < -0.3 is 0 Å². The first-order valence-electron chi connectivity index (χ1n) is 7.43. The fraction of sp³-hybridized carbons (Fsp3) is 1.00. The normalized spacial score (nSPS) is 28.1. The minimum Gasteiger partial charge on any atom is -0.298 e. The molecule has 114 valence electrons. The van der Waals surface area contributed by atoms with E-state index in [1.54, 1.807) is 0 Å². The lowest BCUT2D eigenvalue weighted by atomic mass is 9.91. The highest BCUT2D eigenvalue weighted by Gasteiger charge is 2.41. The molecule has 0 bridgehead atoms. The summed E-state index contributed by atoms with van der Waals surface area (Å²) >= 11 is 2.63. The van der Waals surface area contributed by atoms with Gasteiger partial charge >= 0.3 is 0 Å². The third-order valence-electron chi connectivity index (χ3n) is 3.96. The second-order valence-corrected chi connectivity index (χ2v) is 9.96. The van der Waals surface area contributed by atoms with Crippen molar-refractivity contribution in [3.63, 3.8) is 0 Å². The van der Waals surface area contributed by atoms with Crippen molar-refractivity contribution >= 4 is 22.6 Å². The molecular weight excluding hydrogens is 349 g/mol. The van der Waals surface area contributed by atoms with Crippen molar-refractivity contribution in [2.75, 3.05) is 6.61 Å². The van der Waals surface area contributed by atoms with Crippen LogP contribution in [0.15, 0.2) is 0 Å². The van der Waals surface area contributed by atoms with Crippen molar-refractivity contribution in [2.45, 2.75) is 83.2 Å². The highest BCUT2D eigenvalue weighted by molar-refractivity contribution is 14.1. The molecule has 1 fully saturated rings. The summed E-state index contributed by atoms with van der Waals surface area (Å²) in [6, 6.07) is 0. The minimum absolute atomic E-state index is 0.0349. The molecule has 0 aliphatic heterocycles. The van der Waals surface area contributed by atoms with E-state index in [4.69, 9.17) is 4.84 Å². The molecule has 3 heteroatoms. The summed E-state index contributed by atoms with van der Waals surface area (Å²) in [6.45, 7) is 18.9. The van der Waals surface area contributed by atoms with E-state index in [1.165, 1.54) is 12.8 Å². The predicted molar refractivity (Wildman–Crippen MR) is 91.6 cm³/mol. The Morgan fingerprint density at radius 2 is 1.58 bits per heavy atom. The van der Waals surface area contributed by atoms with Crippen LogP contribution in [-0.2, 0) is 4.84 Å². The quantitative estimate of drug-likeness (QED) is 0.385. The smallest absolute Gasteiger partial charge is 0.0724 e. The average molecular weight is 381 g/mol. The van der Waals surface area contributed by atoms with Gasteiger partial charge in [0, 0.05) is 15.0 Å². The van der Waals surface area contributed by atoms with Gasteiger partial charge in [0.1, 0.15) is 0 Å². The zero-order valence-corrected chi connectivity index (χ0v) is 16.2. The number of hydroxylamine groups is 2. The lowest BCUT2D eigenvalue weighted by Crippen LogP contribution is -2.53. The number of hydrogen-bond acceptors (Lipinski definition) is 2. The lowest BCUT2D eigenvalue weighted by molar-refractivity contribution is -0.262. The second-order valence-electron chi connectivity index (χ2n) is 8.62. The fourth-order valence-electron chi connectivity index (χ4n) is 3.21. The van der Waals surface area contributed by atoms with E-state index in [0.717, 1.165) is 6.61 Å². The molecule has 1 aliphatic carbocycles. The van der Waals surface area contributed by atoms with Crippen LogP contribution in [0.5, 0.6) is 0 Å². The van der Waals surface area contributed by atoms with Crippen molar-refractivity contribution in [3.05, 3.63) is 0 Å². The first kappa shape index (κ1) is 17.7. The molecule has 0 amide bonds. The van der Waals surface area contributed by atoms with Crippen LogP contribution in [0.4, 0.5) is 0 Å². The van der Waals surface area contributed by atoms with Crippen molar-refractivity contribution in [2.24, 2.45) is 11.3 Å². The zero-order valence-electron chi connectivity index (χ0n) is 14.0. The van der Waals surface area contributed by atoms with Gasteiger partial charge in [0.05, 0.1) is 6.61 Å². The summed E-state index contributed by atoms with van der Waals surface area (Å²) in [5.74, 6) is 0.683. The number of alkyl halides is 1. The maximum absolute atomic E-state index is 6.25. The summed E-state index contributed by atoms with van der Waals surface area (Å²) in [6.07, 6.45) is 2.61. The van der Waals surface area contributed by atoms with Gasteiger partial charge in [-0.15, -0.1) is 0 Å². The molecule has 1 saturated carbocycles. The molecule has 0 N–H and O–H groups in total. The Morgan fingerprint density at radius 1 is 1.11 bits per heavy atom. The van der Waals surface area contributed by atoms with Crippen LogP contribution < -0.4 is 0 Å². The Morgan fingerprint density at radius 3 is 1.89 bits per heavy atom. The maximum Gasteiger partial charge on any atom is 0.0724 e. The van der Waals surface area contributed by atoms with E-state index < -0.39 is 0 Å². The summed E-state index contributed by atoms with van der Waals surface area (Å²) in [5, 5.41) is 2.18. The molecule has 0 aromatic rings. The van der Waals surface area contributed by atoms with Crippen LogP contribution >= 0.6 is 22.6 Å². The topological polar surface area (TPSA) is 12.5 Å². The van der Waals surface area contributed by atoms with Gasteiger partial charge in [0.25, 0.3) is 0 Å². The van der Waals surface area contributed by atoms with Gasteiger partial charge in [-0.2, -0.15) is 5.06 Å². The lowest BCUT2D eigenvalue weighted by Gasteiger charge is -2.44. The Labute approximate surface area is 133 Å². The highest BCUT2D eigenvalue weighted by Crippen LogP contribution is 2.46. The molecule has 0 saturated heterocycles. The van der Waals surface area contributed by atoms with Crippen LogP contribution in [0.1, 0.15) is 68.2 Å². The molecule has 0 aromatic carbocycles. The van der Waals surface area contributed by atoms with E-state index in [1.807, 2.05) is 0 Å². The van der Waals surface area contributed by atoms with E-state index >= 15 is 0 Å². The number of halogens is 1. The largest absolute Gasteiger partial charge is 0.298 e. The molecule has 1 aliphatic rings. The first-order valence-corrected chi connectivity index (χ1v) is 8.67. The molecule has 0 radical (unpaired) electrons. The third kappa shape index (κ3) is 4.57. The van der Waals surface area contributed by atoms with Crippen molar-refractivity contribution < 1.29 is 4.84 Å². The van der Waals surface area contributed by atoms with Crippen molar-refractivity contribution in [1.82, 2.24) is 5.06 Å². The Balaban J connectivity index is 2.64. The molecular formula is C16H32INO. The molecule has 0 aromatic heterocycles. The molecule has 1 rings (SSSR count). The van der Waals surface area contributed by atoms with Gasteiger partial charge in [-0.25, -0.2) is 0 Å². The first-order chi connectivity index (χ1) is 8.36. The van der Waals surface area contributed by atoms with Gasteiger partial charge in [-0.05, 0) is 65.7 Å². The van der Waals surface area contributed by atoms with Crippen LogP contribution in [0.25, 0.3) is 0 Å². The maximum atomic E-state index is 6.25. The number of nitrogens with zero attached hydrogens (tertiary/aromatic N) is 1. The predicted octanol–water partition coefficient (Wildman–Crippen LogP) is 5.06. The summed E-state index contributed by atoms with van der Waals surface area (Å²) in [4.78, 5) is 6.25. The summed E-state index contributed by atoms with van der Waals surface area (Å²) in [5.41, 5.74) is 0.531. The molecule has 0 spiro atoms. The Hall–Kier alpha value is 0.650. The van der Waals surface area contributed by atoms with Crippen LogP contribution in [0.3, 0.4) is 0 Å². The summed E-state index contributed by atoms with van der Waals surface area (Å²) < 4.78 is 0.715. The van der Waals surface area contributed by atoms with E-state index in [9.17, 15) is 0 Å². The van der Waals surface area contributed by atoms with E-state index in [0.29, 0.717) is 15.3 Å². The zero-order chi connectivity index (χ0) is 15.1. The molecule has 19 heavy (non-hydrogen) atoms. The molecule has 2 nitrogen and oxygen atoms in total.